The van der Waals surface area contributed by atoms with Crippen LogP contribution in [-0.4, -0.2) is 101 Å². The van der Waals surface area contributed by atoms with Gasteiger partial charge in [0.05, 0.1) is 12.5 Å². The van der Waals surface area contributed by atoms with Gasteiger partial charge >= 0.3 is 11.9 Å². The lowest BCUT2D eigenvalue weighted by atomic mass is 10.00. The number of nitrogens with one attached hydrogen (secondary N) is 6. The summed E-state index contributed by atoms with van der Waals surface area (Å²) in [6.45, 7) is 3.44. The Morgan fingerprint density at radius 2 is 1.42 bits per heavy atom. The van der Waals surface area contributed by atoms with Gasteiger partial charge in [0.2, 0.25) is 35.4 Å². The molecule has 1 aliphatic rings. The van der Waals surface area contributed by atoms with E-state index in [4.69, 9.17) is 15.9 Å². The summed E-state index contributed by atoms with van der Waals surface area (Å²) in [6.07, 6.45) is -0.171. The van der Waals surface area contributed by atoms with Crippen molar-refractivity contribution in [3.8, 4) is 0 Å². The second-order valence-corrected chi connectivity index (χ2v) is 11.9. The first-order chi connectivity index (χ1) is 22.7. The number of carboxylic acids is 2. The van der Waals surface area contributed by atoms with Gasteiger partial charge in [-0.15, -0.1) is 0 Å². The molecule has 17 heteroatoms. The molecular weight excluding hydrogens is 630 g/mol. The van der Waals surface area contributed by atoms with Gasteiger partial charge in [-0.05, 0) is 43.7 Å². The molecule has 10 N–H and O–H groups in total. The second kappa shape index (κ2) is 19.6. The summed E-state index contributed by atoms with van der Waals surface area (Å²) < 4.78 is 0. The number of carboxylic acid groups (broad SMARTS) is 2. The Balaban J connectivity index is 2.25. The van der Waals surface area contributed by atoms with Crippen LogP contribution in [-0.2, 0) is 44.8 Å². The molecule has 1 fully saturated rings. The molecule has 0 bridgehead atoms. The quantitative estimate of drug-likeness (QED) is 0.0722. The largest absolute Gasteiger partial charge is 0.481 e. The molecule has 1 aromatic carbocycles. The third kappa shape index (κ3) is 14.1. The van der Waals surface area contributed by atoms with E-state index in [1.54, 1.807) is 44.2 Å². The number of hydrogen-bond donors (Lipinski definition) is 9. The van der Waals surface area contributed by atoms with Crippen molar-refractivity contribution < 1.29 is 48.6 Å². The predicted molar refractivity (Wildman–Crippen MR) is 170 cm³/mol. The number of benzene rings is 1. The van der Waals surface area contributed by atoms with E-state index < -0.39 is 97.0 Å². The molecule has 2 rings (SSSR count). The van der Waals surface area contributed by atoms with Crippen LogP contribution in [0.5, 0.6) is 0 Å². The maximum atomic E-state index is 13.5. The molecule has 1 aromatic rings. The first kappa shape index (κ1) is 39.1. The minimum absolute atomic E-state index is 0.000559. The number of nitrogens with two attached hydrogens (primary N) is 1. The maximum absolute atomic E-state index is 13.5. The smallest absolute Gasteiger partial charge is 0.322 e. The minimum Gasteiger partial charge on any atom is -0.481 e. The van der Waals surface area contributed by atoms with E-state index in [-0.39, 0.29) is 25.2 Å². The minimum atomic E-state index is -1.61. The van der Waals surface area contributed by atoms with Gasteiger partial charge < -0.3 is 47.8 Å². The fourth-order valence-electron chi connectivity index (χ4n) is 4.99. The standard InChI is InChI=1S/C31H45N7O10/c1-17(2)13-21(30(47)37-22(27(44)34-16-26(42)43)14-18-7-4-3-5-8-18)36-31(48)23(15-24(32)39)38-29(46)20(10-11-25(40)41)35-28(45)19-9-6-12-33-19/h3-5,7-8,17,19-23,33H,6,9-16H2,1-2H3,(H2,32,39)(H,34,44)(H,35,45)(H,36,48)(H,37,47)(H,38,46)(H,40,41)(H,42,43)/t19-,20-,21-,22-,23-/m0/s1. The molecular formula is C31H45N7O10. The van der Waals surface area contributed by atoms with E-state index in [1.165, 1.54) is 0 Å². The van der Waals surface area contributed by atoms with E-state index in [1.807, 2.05) is 0 Å². The normalized spacial score (nSPS) is 16.4. The third-order valence-corrected chi connectivity index (χ3v) is 7.36. The van der Waals surface area contributed by atoms with Gasteiger partial charge in [-0.3, -0.25) is 38.4 Å². The zero-order chi connectivity index (χ0) is 35.8. The van der Waals surface area contributed by atoms with Crippen LogP contribution in [0, 0.1) is 5.92 Å². The molecule has 1 aliphatic heterocycles. The van der Waals surface area contributed by atoms with E-state index in [2.05, 4.69) is 31.9 Å². The molecule has 0 unspecified atom stereocenters. The van der Waals surface area contributed by atoms with Crippen molar-refractivity contribution in [3.63, 3.8) is 0 Å². The summed E-state index contributed by atoms with van der Waals surface area (Å²) in [5, 5.41) is 33.3. The van der Waals surface area contributed by atoms with Crippen LogP contribution in [0.1, 0.15) is 57.9 Å². The van der Waals surface area contributed by atoms with Gasteiger partial charge in [-0.1, -0.05) is 44.2 Å². The highest BCUT2D eigenvalue weighted by Gasteiger charge is 2.34. The number of primary amides is 1. The summed E-state index contributed by atoms with van der Waals surface area (Å²) in [5.41, 5.74) is 6.01. The molecule has 5 atom stereocenters. The molecule has 0 aromatic heterocycles. The van der Waals surface area contributed by atoms with Crippen LogP contribution >= 0.6 is 0 Å². The number of aliphatic carboxylic acids is 2. The Bertz CT molecular complexity index is 1320. The summed E-state index contributed by atoms with van der Waals surface area (Å²) in [4.78, 5) is 100.0. The lowest BCUT2D eigenvalue weighted by Gasteiger charge is -2.27. The molecule has 17 nitrogen and oxygen atoms in total. The molecule has 0 saturated carbocycles. The van der Waals surface area contributed by atoms with Crippen molar-refractivity contribution in [2.75, 3.05) is 13.1 Å². The van der Waals surface area contributed by atoms with Crippen molar-refractivity contribution in [3.05, 3.63) is 35.9 Å². The average Bonchev–Trinajstić information content (AvgIpc) is 3.56. The SMILES string of the molecule is CC(C)C[C@H](NC(=O)[C@H](CC(N)=O)NC(=O)[C@H](CCC(=O)O)NC(=O)[C@@H]1CCCN1)C(=O)N[C@@H](Cc1ccccc1)C(=O)NCC(=O)O. The maximum Gasteiger partial charge on any atom is 0.322 e. The topological polar surface area (TPSA) is 275 Å². The molecule has 48 heavy (non-hydrogen) atoms. The highest BCUT2D eigenvalue weighted by molar-refractivity contribution is 5.97. The molecule has 1 saturated heterocycles. The molecule has 0 radical (unpaired) electrons. The van der Waals surface area contributed by atoms with Crippen molar-refractivity contribution in [1.29, 1.82) is 0 Å². The summed E-state index contributed by atoms with van der Waals surface area (Å²) in [6, 6.07) is 2.58. The van der Waals surface area contributed by atoms with Crippen molar-refractivity contribution in [1.82, 2.24) is 31.9 Å². The summed E-state index contributed by atoms with van der Waals surface area (Å²) in [5.74, 6) is -7.66. The van der Waals surface area contributed by atoms with Crippen molar-refractivity contribution in [2.45, 2.75) is 89.0 Å². The van der Waals surface area contributed by atoms with Gasteiger partial charge in [0, 0.05) is 12.8 Å². The number of hydrogen-bond acceptors (Lipinski definition) is 9. The molecule has 6 amide bonds. The summed E-state index contributed by atoms with van der Waals surface area (Å²) in [7, 11) is 0. The van der Waals surface area contributed by atoms with Crippen LogP contribution in [0.25, 0.3) is 0 Å². The van der Waals surface area contributed by atoms with Gasteiger partial charge in [0.25, 0.3) is 0 Å². The van der Waals surface area contributed by atoms with Crippen LogP contribution in [0.3, 0.4) is 0 Å². The lowest BCUT2D eigenvalue weighted by molar-refractivity contribution is -0.139. The number of carbonyl (C=O) groups is 8. The van der Waals surface area contributed by atoms with E-state index >= 15 is 0 Å². The van der Waals surface area contributed by atoms with Gasteiger partial charge in [-0.2, -0.15) is 0 Å². The third-order valence-electron chi connectivity index (χ3n) is 7.36. The van der Waals surface area contributed by atoms with E-state index in [0.717, 1.165) is 6.42 Å². The van der Waals surface area contributed by atoms with Gasteiger partial charge in [0.15, 0.2) is 0 Å². The average molecular weight is 676 g/mol. The molecule has 0 spiro atoms. The van der Waals surface area contributed by atoms with E-state index in [0.29, 0.717) is 18.5 Å². The number of rotatable bonds is 20. The predicted octanol–water partition coefficient (Wildman–Crippen LogP) is -2.09. The van der Waals surface area contributed by atoms with E-state index in [9.17, 15) is 38.4 Å². The Labute approximate surface area is 277 Å². The van der Waals surface area contributed by atoms with Gasteiger partial charge in [-0.25, -0.2) is 0 Å². The Morgan fingerprint density at radius 1 is 0.812 bits per heavy atom. The highest BCUT2D eigenvalue weighted by atomic mass is 16.4. The Morgan fingerprint density at radius 3 is 1.98 bits per heavy atom. The number of amides is 6. The van der Waals surface area contributed by atoms with Crippen LogP contribution in [0.4, 0.5) is 0 Å². The summed E-state index contributed by atoms with van der Waals surface area (Å²) >= 11 is 0. The van der Waals surface area contributed by atoms with Crippen molar-refractivity contribution in [2.24, 2.45) is 11.7 Å². The number of carbonyl (C=O) groups excluding carboxylic acids is 6. The van der Waals surface area contributed by atoms with Gasteiger partial charge in [0.1, 0.15) is 30.7 Å². The molecule has 264 valence electrons. The molecule has 0 aliphatic carbocycles. The van der Waals surface area contributed by atoms with Crippen LogP contribution in [0.2, 0.25) is 0 Å². The first-order valence-corrected chi connectivity index (χ1v) is 15.6. The first-order valence-electron chi connectivity index (χ1n) is 15.6. The Kier molecular flexibility index (Phi) is 15.9. The fourth-order valence-corrected chi connectivity index (χ4v) is 4.99. The zero-order valence-electron chi connectivity index (χ0n) is 27.0. The van der Waals surface area contributed by atoms with Crippen molar-refractivity contribution >= 4 is 47.4 Å². The highest BCUT2D eigenvalue weighted by Crippen LogP contribution is 2.10. The lowest BCUT2D eigenvalue weighted by Crippen LogP contribution is -2.59. The van der Waals surface area contributed by atoms with Crippen LogP contribution < -0.4 is 37.6 Å². The Hall–Kier alpha value is -5.06. The second-order valence-electron chi connectivity index (χ2n) is 11.9. The fraction of sp³-hybridized carbons (Fsp3) is 0.548. The molecule has 1 heterocycles. The van der Waals surface area contributed by atoms with Crippen LogP contribution in [0.15, 0.2) is 30.3 Å². The zero-order valence-corrected chi connectivity index (χ0v) is 27.0. The monoisotopic (exact) mass is 675 g/mol.